The van der Waals surface area contributed by atoms with Crippen LogP contribution < -0.4 is 16.0 Å². The van der Waals surface area contributed by atoms with Crippen molar-refractivity contribution in [2.75, 3.05) is 19.8 Å². The van der Waals surface area contributed by atoms with Crippen molar-refractivity contribution in [2.24, 2.45) is 5.92 Å². The van der Waals surface area contributed by atoms with Crippen LogP contribution in [0, 0.1) is 11.7 Å². The fourth-order valence-corrected chi connectivity index (χ4v) is 4.58. The van der Waals surface area contributed by atoms with Gasteiger partial charge in [0, 0.05) is 43.2 Å². The summed E-state index contributed by atoms with van der Waals surface area (Å²) >= 11 is 0. The fraction of sp³-hybridized carbons (Fsp3) is 0.652. The number of halogens is 1. The average Bonchev–Trinajstić information content (AvgIpc) is 2.73. The van der Waals surface area contributed by atoms with Crippen LogP contribution in [0.2, 0.25) is 0 Å². The number of benzene rings is 1. The molecule has 6 nitrogen and oxygen atoms in total. The summed E-state index contributed by atoms with van der Waals surface area (Å²) in [5.41, 5.74) is 0.769. The van der Waals surface area contributed by atoms with Gasteiger partial charge in [0.15, 0.2) is 0 Å². The minimum atomic E-state index is -0.264. The van der Waals surface area contributed by atoms with E-state index in [0.717, 1.165) is 37.7 Å². The van der Waals surface area contributed by atoms with Crippen LogP contribution in [-0.4, -0.2) is 43.8 Å². The van der Waals surface area contributed by atoms with Crippen molar-refractivity contribution in [3.05, 3.63) is 35.6 Å². The molecule has 2 aliphatic rings. The molecule has 0 radical (unpaired) electrons. The highest BCUT2D eigenvalue weighted by atomic mass is 19.1. The second-order valence-corrected chi connectivity index (χ2v) is 8.95. The van der Waals surface area contributed by atoms with Gasteiger partial charge < -0.3 is 20.7 Å². The summed E-state index contributed by atoms with van der Waals surface area (Å²) in [5, 5.41) is 9.06. The zero-order chi connectivity index (χ0) is 21.6. The number of urea groups is 1. The molecule has 2 atom stereocenters. The summed E-state index contributed by atoms with van der Waals surface area (Å²) in [7, 11) is 0. The van der Waals surface area contributed by atoms with Gasteiger partial charge in [-0.3, -0.25) is 4.79 Å². The summed E-state index contributed by atoms with van der Waals surface area (Å²) in [4.78, 5) is 24.9. The van der Waals surface area contributed by atoms with Crippen LogP contribution in [0.1, 0.15) is 57.9 Å². The Bertz CT molecular complexity index is 717. The van der Waals surface area contributed by atoms with E-state index in [1.54, 1.807) is 12.1 Å². The van der Waals surface area contributed by atoms with Crippen molar-refractivity contribution in [1.29, 1.82) is 0 Å². The van der Waals surface area contributed by atoms with E-state index in [1.807, 2.05) is 13.8 Å². The van der Waals surface area contributed by atoms with E-state index in [9.17, 15) is 14.0 Å². The lowest BCUT2D eigenvalue weighted by Crippen LogP contribution is -2.50. The van der Waals surface area contributed by atoms with Crippen LogP contribution in [0.3, 0.4) is 0 Å². The Morgan fingerprint density at radius 1 is 1.17 bits per heavy atom. The first-order valence-corrected chi connectivity index (χ1v) is 11.1. The van der Waals surface area contributed by atoms with Gasteiger partial charge in [0.05, 0.1) is 0 Å². The van der Waals surface area contributed by atoms with Crippen molar-refractivity contribution in [2.45, 2.75) is 69.9 Å². The molecule has 1 aliphatic heterocycles. The molecule has 7 heteroatoms. The lowest BCUT2D eigenvalue weighted by Gasteiger charge is -2.38. The van der Waals surface area contributed by atoms with Gasteiger partial charge in [0.2, 0.25) is 5.91 Å². The quantitative estimate of drug-likeness (QED) is 0.662. The van der Waals surface area contributed by atoms with Crippen molar-refractivity contribution >= 4 is 11.9 Å². The maximum atomic E-state index is 13.4. The van der Waals surface area contributed by atoms with Crippen molar-refractivity contribution in [3.8, 4) is 0 Å². The van der Waals surface area contributed by atoms with Gasteiger partial charge in [-0.1, -0.05) is 18.6 Å². The zero-order valence-electron chi connectivity index (χ0n) is 18.0. The number of rotatable bonds is 6. The Morgan fingerprint density at radius 2 is 1.87 bits per heavy atom. The summed E-state index contributed by atoms with van der Waals surface area (Å²) in [5.74, 6) is -0.234. The zero-order valence-corrected chi connectivity index (χ0v) is 18.0. The highest BCUT2D eigenvalue weighted by molar-refractivity contribution is 5.79. The van der Waals surface area contributed by atoms with E-state index in [1.165, 1.54) is 12.1 Å². The fourth-order valence-electron chi connectivity index (χ4n) is 4.58. The van der Waals surface area contributed by atoms with E-state index in [2.05, 4.69) is 16.0 Å². The molecule has 3 amide bonds. The highest BCUT2D eigenvalue weighted by Crippen LogP contribution is 2.34. The molecule has 1 saturated heterocycles. The average molecular weight is 420 g/mol. The Labute approximate surface area is 178 Å². The molecule has 3 rings (SSSR count). The molecule has 1 aromatic rings. The van der Waals surface area contributed by atoms with Gasteiger partial charge in [-0.05, 0) is 63.6 Å². The Morgan fingerprint density at radius 3 is 2.53 bits per heavy atom. The second-order valence-electron chi connectivity index (χ2n) is 8.95. The molecule has 2 unspecified atom stereocenters. The first kappa shape index (κ1) is 22.5. The lowest BCUT2D eigenvalue weighted by molar-refractivity contribution is -0.126. The van der Waals surface area contributed by atoms with Gasteiger partial charge in [0.25, 0.3) is 0 Å². The van der Waals surface area contributed by atoms with E-state index < -0.39 is 0 Å². The smallest absolute Gasteiger partial charge is 0.315 e. The Kier molecular flexibility index (Phi) is 7.69. The van der Waals surface area contributed by atoms with Gasteiger partial charge in [-0.2, -0.15) is 0 Å². The molecule has 0 bridgehead atoms. The molecule has 166 valence electrons. The second kappa shape index (κ2) is 10.2. The monoisotopic (exact) mass is 419 g/mol. The van der Waals surface area contributed by atoms with Gasteiger partial charge in [-0.25, -0.2) is 9.18 Å². The van der Waals surface area contributed by atoms with Gasteiger partial charge in [0.1, 0.15) is 5.82 Å². The van der Waals surface area contributed by atoms with Crippen LogP contribution >= 0.6 is 0 Å². The predicted octanol–water partition coefficient (Wildman–Crippen LogP) is 3.26. The summed E-state index contributed by atoms with van der Waals surface area (Å²) in [6.07, 6.45) is 4.91. The van der Waals surface area contributed by atoms with E-state index in [4.69, 9.17) is 4.74 Å². The molecule has 1 heterocycles. The minimum Gasteiger partial charge on any atom is -0.381 e. The van der Waals surface area contributed by atoms with E-state index in [-0.39, 0.29) is 41.2 Å². The molecule has 0 spiro atoms. The number of nitrogens with one attached hydrogen (secondary N) is 3. The molecule has 1 aliphatic carbocycles. The van der Waals surface area contributed by atoms with Crippen LogP contribution in [0.5, 0.6) is 0 Å². The number of carbonyl (C=O) groups excluding carboxylic acids is 2. The Balaban J connectivity index is 1.55. The molecule has 3 N–H and O–H groups in total. The first-order valence-electron chi connectivity index (χ1n) is 11.1. The van der Waals surface area contributed by atoms with Crippen molar-refractivity contribution < 1.29 is 18.7 Å². The SMILES string of the molecule is CC(C)NC(=O)C1CCCC(NC(=O)NCC2(c3ccc(F)cc3)CCOCC2)C1. The predicted molar refractivity (Wildman–Crippen MR) is 114 cm³/mol. The Hall–Kier alpha value is -2.15. The molecule has 1 saturated carbocycles. The third-order valence-electron chi connectivity index (χ3n) is 6.30. The molecular weight excluding hydrogens is 385 g/mol. The van der Waals surface area contributed by atoms with Crippen LogP contribution in [0.4, 0.5) is 9.18 Å². The lowest BCUT2D eigenvalue weighted by atomic mass is 9.74. The topological polar surface area (TPSA) is 79.5 Å². The number of amides is 3. The molecule has 30 heavy (non-hydrogen) atoms. The van der Waals surface area contributed by atoms with E-state index in [0.29, 0.717) is 26.2 Å². The largest absolute Gasteiger partial charge is 0.381 e. The number of hydrogen-bond donors (Lipinski definition) is 3. The maximum absolute atomic E-state index is 13.4. The third kappa shape index (κ3) is 5.94. The van der Waals surface area contributed by atoms with Gasteiger partial charge in [-0.15, -0.1) is 0 Å². The van der Waals surface area contributed by atoms with E-state index >= 15 is 0 Å². The minimum absolute atomic E-state index is 0.00174. The standard InChI is InChI=1S/C23H34FN3O3/c1-16(2)26-21(28)17-4-3-5-20(14-17)27-22(29)25-15-23(10-12-30-13-11-23)18-6-8-19(24)9-7-18/h6-9,16-17,20H,3-5,10-15H2,1-2H3,(H,26,28)(H2,25,27,29). The van der Waals surface area contributed by atoms with Crippen LogP contribution in [-0.2, 0) is 14.9 Å². The summed E-state index contributed by atoms with van der Waals surface area (Å²) < 4.78 is 18.9. The highest BCUT2D eigenvalue weighted by Gasteiger charge is 2.35. The molecular formula is C23H34FN3O3. The normalized spacial score (nSPS) is 23.6. The molecule has 2 fully saturated rings. The number of hydrogen-bond acceptors (Lipinski definition) is 3. The number of ether oxygens (including phenoxy) is 1. The third-order valence-corrected chi connectivity index (χ3v) is 6.30. The summed E-state index contributed by atoms with van der Waals surface area (Å²) in [6, 6.07) is 6.46. The van der Waals surface area contributed by atoms with Crippen LogP contribution in [0.25, 0.3) is 0 Å². The first-order chi connectivity index (χ1) is 14.4. The summed E-state index contributed by atoms with van der Waals surface area (Å²) in [6.45, 7) is 5.62. The van der Waals surface area contributed by atoms with Crippen molar-refractivity contribution in [3.63, 3.8) is 0 Å². The van der Waals surface area contributed by atoms with Gasteiger partial charge >= 0.3 is 6.03 Å². The van der Waals surface area contributed by atoms with Crippen LogP contribution in [0.15, 0.2) is 24.3 Å². The number of carbonyl (C=O) groups is 2. The van der Waals surface area contributed by atoms with Crippen molar-refractivity contribution in [1.82, 2.24) is 16.0 Å². The molecule has 1 aromatic carbocycles. The molecule has 0 aromatic heterocycles. The maximum Gasteiger partial charge on any atom is 0.315 e.